The Hall–Kier alpha value is -1.32. The molecule has 1 aromatic rings. The van der Waals surface area contributed by atoms with Gasteiger partial charge in [-0.05, 0) is 25.0 Å². The fourth-order valence-corrected chi connectivity index (χ4v) is 2.78. The molecule has 19 heavy (non-hydrogen) atoms. The normalized spacial score (nSPS) is 18.0. The fraction of sp³-hybridized carbons (Fsp3) is 0.400. The Bertz CT molecular complexity index is 499. The molecule has 0 aliphatic heterocycles. The zero-order valence-corrected chi connectivity index (χ0v) is 11.8. The highest BCUT2D eigenvalue weighted by molar-refractivity contribution is 6.34. The molecule has 3 nitrogen and oxygen atoms in total. The zero-order chi connectivity index (χ0) is 13.8. The van der Waals surface area contributed by atoms with Crippen LogP contribution in [0.2, 0.25) is 5.02 Å². The van der Waals surface area contributed by atoms with Gasteiger partial charge in [0.15, 0.2) is 5.78 Å². The summed E-state index contributed by atoms with van der Waals surface area (Å²) in [5.74, 6) is 0.851. The minimum absolute atomic E-state index is 0.0166. The Labute approximate surface area is 118 Å². The highest BCUT2D eigenvalue weighted by Gasteiger charge is 2.30. The molecule has 0 amide bonds. The molecule has 1 atom stereocenters. The van der Waals surface area contributed by atoms with E-state index in [0.29, 0.717) is 23.7 Å². The van der Waals surface area contributed by atoms with E-state index >= 15 is 0 Å². The first-order valence-corrected chi connectivity index (χ1v) is 6.78. The Morgan fingerprint density at radius 1 is 1.58 bits per heavy atom. The van der Waals surface area contributed by atoms with Crippen LogP contribution < -0.4 is 10.1 Å². The molecule has 1 unspecified atom stereocenters. The van der Waals surface area contributed by atoms with Crippen LogP contribution in [0.15, 0.2) is 24.8 Å². The van der Waals surface area contributed by atoms with Crippen molar-refractivity contribution in [3.8, 4) is 5.75 Å². The third-order valence-electron chi connectivity index (χ3n) is 3.48. The molecule has 1 aromatic carbocycles. The lowest BCUT2D eigenvalue weighted by Gasteiger charge is -2.25. The number of halogens is 1. The number of hydrogen-bond acceptors (Lipinski definition) is 3. The van der Waals surface area contributed by atoms with E-state index in [9.17, 15) is 4.79 Å². The van der Waals surface area contributed by atoms with Crippen LogP contribution in [0.5, 0.6) is 5.75 Å². The number of Topliss-reactive ketones (excluding diaryl/α,β-unsaturated/α-hetero) is 1. The first-order valence-electron chi connectivity index (χ1n) is 6.40. The smallest absolute Gasteiger partial charge is 0.169 e. The number of carbonyl (C=O) groups excluding carboxylic acids is 1. The predicted molar refractivity (Wildman–Crippen MR) is 77.2 cm³/mol. The van der Waals surface area contributed by atoms with Gasteiger partial charge in [-0.15, -0.1) is 6.58 Å². The summed E-state index contributed by atoms with van der Waals surface area (Å²) in [6.07, 6.45) is 3.44. The number of hydrogen-bond donors (Lipinski definition) is 1. The van der Waals surface area contributed by atoms with Gasteiger partial charge in [-0.2, -0.15) is 0 Å². The highest BCUT2D eigenvalue weighted by Crippen LogP contribution is 2.36. The fourth-order valence-electron chi connectivity index (χ4n) is 2.51. The lowest BCUT2D eigenvalue weighted by molar-refractivity contribution is 0.0900. The lowest BCUT2D eigenvalue weighted by atomic mass is 9.82. The second-order valence-corrected chi connectivity index (χ2v) is 5.06. The molecular formula is C15H18ClNO2. The van der Waals surface area contributed by atoms with Gasteiger partial charge in [0.25, 0.3) is 0 Å². The minimum atomic E-state index is -0.0166. The van der Waals surface area contributed by atoms with Gasteiger partial charge in [0.2, 0.25) is 0 Å². The number of ether oxygens (including phenoxy) is 1. The molecule has 0 aromatic heterocycles. The van der Waals surface area contributed by atoms with E-state index in [0.717, 1.165) is 24.2 Å². The van der Waals surface area contributed by atoms with Gasteiger partial charge in [0.1, 0.15) is 5.75 Å². The Morgan fingerprint density at radius 3 is 3.05 bits per heavy atom. The van der Waals surface area contributed by atoms with Crippen LogP contribution in [0.4, 0.5) is 0 Å². The predicted octanol–water partition coefficient (Wildman–Crippen LogP) is 2.87. The van der Waals surface area contributed by atoms with Crippen molar-refractivity contribution in [3.63, 3.8) is 0 Å². The lowest BCUT2D eigenvalue weighted by Crippen LogP contribution is -2.32. The molecule has 0 heterocycles. The summed E-state index contributed by atoms with van der Waals surface area (Å²) in [7, 11) is 1.62. The van der Waals surface area contributed by atoms with E-state index in [1.165, 1.54) is 0 Å². The van der Waals surface area contributed by atoms with Crippen molar-refractivity contribution in [1.29, 1.82) is 0 Å². The van der Waals surface area contributed by atoms with Crippen LogP contribution in [0, 0.1) is 5.92 Å². The van der Waals surface area contributed by atoms with Gasteiger partial charge in [0, 0.05) is 30.1 Å². The van der Waals surface area contributed by atoms with E-state index in [4.69, 9.17) is 16.3 Å². The van der Waals surface area contributed by atoms with E-state index in [1.54, 1.807) is 19.3 Å². The molecule has 102 valence electrons. The van der Waals surface area contributed by atoms with Crippen molar-refractivity contribution in [2.75, 3.05) is 20.2 Å². The van der Waals surface area contributed by atoms with Crippen LogP contribution >= 0.6 is 11.6 Å². The third-order valence-corrected chi connectivity index (χ3v) is 3.79. The van der Waals surface area contributed by atoms with Crippen LogP contribution in [0.25, 0.3) is 0 Å². The number of nitrogens with one attached hydrogen (secondary N) is 1. The van der Waals surface area contributed by atoms with E-state index < -0.39 is 0 Å². The maximum absolute atomic E-state index is 12.5. The maximum atomic E-state index is 12.5. The van der Waals surface area contributed by atoms with Crippen LogP contribution in [0.1, 0.15) is 22.3 Å². The molecule has 1 aliphatic rings. The Balaban J connectivity index is 2.25. The van der Waals surface area contributed by atoms with Gasteiger partial charge in [-0.3, -0.25) is 4.79 Å². The number of fused-ring (bicyclic) bond motifs is 1. The van der Waals surface area contributed by atoms with Crippen molar-refractivity contribution in [3.05, 3.63) is 40.9 Å². The number of methoxy groups -OCH3 is 1. The number of benzene rings is 1. The number of rotatable bonds is 5. The summed E-state index contributed by atoms with van der Waals surface area (Å²) >= 11 is 6.18. The SMILES string of the molecule is C=CCNCC1CCc2c(OC)ccc(Cl)c2C1=O. The van der Waals surface area contributed by atoms with Gasteiger partial charge >= 0.3 is 0 Å². The van der Waals surface area contributed by atoms with E-state index in [2.05, 4.69) is 11.9 Å². The monoisotopic (exact) mass is 279 g/mol. The van der Waals surface area contributed by atoms with Crippen molar-refractivity contribution in [2.24, 2.45) is 5.92 Å². The van der Waals surface area contributed by atoms with Crippen molar-refractivity contribution in [2.45, 2.75) is 12.8 Å². The summed E-state index contributed by atoms with van der Waals surface area (Å²) < 4.78 is 5.31. The molecular weight excluding hydrogens is 262 g/mol. The summed E-state index contributed by atoms with van der Waals surface area (Å²) in [6.45, 7) is 5.03. The molecule has 0 bridgehead atoms. The molecule has 0 radical (unpaired) electrons. The largest absolute Gasteiger partial charge is 0.496 e. The third kappa shape index (κ3) is 2.82. The van der Waals surface area contributed by atoms with Crippen molar-refractivity contribution in [1.82, 2.24) is 5.32 Å². The Morgan fingerprint density at radius 2 is 2.37 bits per heavy atom. The van der Waals surface area contributed by atoms with Gasteiger partial charge in [-0.1, -0.05) is 17.7 Å². The van der Waals surface area contributed by atoms with Gasteiger partial charge in [-0.25, -0.2) is 0 Å². The quantitative estimate of drug-likeness (QED) is 0.665. The van der Waals surface area contributed by atoms with Gasteiger partial charge < -0.3 is 10.1 Å². The van der Waals surface area contributed by atoms with E-state index in [1.807, 2.05) is 6.07 Å². The van der Waals surface area contributed by atoms with Crippen LogP contribution in [-0.4, -0.2) is 26.0 Å². The minimum Gasteiger partial charge on any atom is -0.496 e. The first kappa shape index (κ1) is 14.1. The molecule has 0 fully saturated rings. The highest BCUT2D eigenvalue weighted by atomic mass is 35.5. The summed E-state index contributed by atoms with van der Waals surface area (Å²) in [5.41, 5.74) is 1.58. The van der Waals surface area contributed by atoms with Crippen LogP contribution in [-0.2, 0) is 6.42 Å². The number of ketones is 1. The van der Waals surface area contributed by atoms with E-state index in [-0.39, 0.29) is 11.7 Å². The molecule has 0 saturated heterocycles. The molecule has 1 N–H and O–H groups in total. The summed E-state index contributed by atoms with van der Waals surface area (Å²) in [5, 5.41) is 3.72. The molecule has 4 heteroatoms. The summed E-state index contributed by atoms with van der Waals surface area (Å²) in [6, 6.07) is 3.56. The average molecular weight is 280 g/mol. The van der Waals surface area contributed by atoms with Crippen molar-refractivity contribution >= 4 is 17.4 Å². The number of carbonyl (C=O) groups is 1. The van der Waals surface area contributed by atoms with Crippen LogP contribution in [0.3, 0.4) is 0 Å². The molecule has 2 rings (SSSR count). The zero-order valence-electron chi connectivity index (χ0n) is 11.0. The standard InChI is InChI=1S/C15H18ClNO2/c1-3-8-17-9-10-4-5-11-13(19-2)7-6-12(16)14(11)15(10)18/h3,6-7,10,17H,1,4-5,8-9H2,2H3. The Kier molecular flexibility index (Phi) is 4.61. The maximum Gasteiger partial charge on any atom is 0.169 e. The topological polar surface area (TPSA) is 38.3 Å². The molecule has 0 saturated carbocycles. The second-order valence-electron chi connectivity index (χ2n) is 4.65. The first-order chi connectivity index (χ1) is 9.19. The second kappa shape index (κ2) is 6.22. The summed E-state index contributed by atoms with van der Waals surface area (Å²) in [4.78, 5) is 12.5. The van der Waals surface area contributed by atoms with Crippen molar-refractivity contribution < 1.29 is 9.53 Å². The molecule has 0 spiro atoms. The van der Waals surface area contributed by atoms with Gasteiger partial charge in [0.05, 0.1) is 12.1 Å². The average Bonchev–Trinajstić information content (AvgIpc) is 2.42. The molecule has 1 aliphatic carbocycles.